The fraction of sp³-hybridized carbons (Fsp3) is 0.192. The molecule has 1 aliphatic heterocycles. The Morgan fingerprint density at radius 2 is 1.43 bits per heavy atom. The standard InChI is InChI=1S/C26H18F6N2O7S/c1-11-3-5-14(17(7-11)25(27,28)29)15-6-4-13(9-18(15)26(30,31)32)33-22(36)19-12(10-35)8-16-20(21(19)42(39,40)41)24(38)34(2)23(16)37/h3-10,22,33,36H,1-2H3,(H,39,40,41). The number of nitrogens with one attached hydrogen (secondary N) is 1. The molecule has 3 aromatic carbocycles. The molecule has 0 fully saturated rings. The van der Waals surface area contributed by atoms with Crippen molar-refractivity contribution in [2.24, 2.45) is 0 Å². The molecule has 1 unspecified atom stereocenters. The number of halogens is 6. The Balaban J connectivity index is 1.89. The SMILES string of the molecule is Cc1ccc(-c2ccc(NC(O)c3c(C=O)cc4c(c3S(=O)(=O)O)C(=O)N(C)C4=O)cc2C(F)(F)F)c(C(F)(F)F)c1. The van der Waals surface area contributed by atoms with Crippen LogP contribution in [0.2, 0.25) is 0 Å². The van der Waals surface area contributed by atoms with Gasteiger partial charge in [0.15, 0.2) is 12.5 Å². The molecule has 222 valence electrons. The highest BCUT2D eigenvalue weighted by molar-refractivity contribution is 7.86. The van der Waals surface area contributed by atoms with E-state index in [0.29, 0.717) is 23.1 Å². The minimum absolute atomic E-state index is 0.0223. The molecule has 0 radical (unpaired) electrons. The molecule has 2 amide bonds. The first-order valence-corrected chi connectivity index (χ1v) is 13.0. The van der Waals surface area contributed by atoms with Crippen molar-refractivity contribution in [1.29, 1.82) is 0 Å². The molecule has 1 heterocycles. The fourth-order valence-corrected chi connectivity index (χ4v) is 5.59. The topological polar surface area (TPSA) is 141 Å². The molecule has 0 saturated carbocycles. The smallest absolute Gasteiger partial charge is 0.369 e. The normalized spacial score (nSPS) is 14.7. The number of nitrogens with zero attached hydrogens (tertiary/aromatic N) is 1. The molecule has 0 saturated heterocycles. The number of carbonyl (C=O) groups excluding carboxylic acids is 3. The van der Waals surface area contributed by atoms with E-state index in [1.54, 1.807) is 0 Å². The van der Waals surface area contributed by atoms with Gasteiger partial charge >= 0.3 is 12.4 Å². The number of hydrogen-bond acceptors (Lipinski definition) is 7. The number of anilines is 1. The number of amides is 2. The minimum Gasteiger partial charge on any atom is -0.369 e. The largest absolute Gasteiger partial charge is 0.417 e. The average Bonchev–Trinajstić information content (AvgIpc) is 3.09. The number of aliphatic hydroxyl groups excluding tert-OH is 1. The van der Waals surface area contributed by atoms with Crippen molar-refractivity contribution in [3.8, 4) is 11.1 Å². The summed E-state index contributed by atoms with van der Waals surface area (Å²) in [4.78, 5) is 35.9. The van der Waals surface area contributed by atoms with Crippen molar-refractivity contribution in [3.05, 3.63) is 81.4 Å². The zero-order chi connectivity index (χ0) is 31.5. The van der Waals surface area contributed by atoms with Crippen LogP contribution in [-0.2, 0) is 22.5 Å². The van der Waals surface area contributed by atoms with Crippen molar-refractivity contribution in [2.45, 2.75) is 30.4 Å². The molecule has 3 N–H and O–H groups in total. The summed E-state index contributed by atoms with van der Waals surface area (Å²) in [7, 11) is -4.47. The summed E-state index contributed by atoms with van der Waals surface area (Å²) in [5.74, 6) is -2.24. The quantitative estimate of drug-likeness (QED) is 0.114. The Hall–Kier alpha value is -4.28. The van der Waals surface area contributed by atoms with Gasteiger partial charge in [0.2, 0.25) is 0 Å². The van der Waals surface area contributed by atoms with Gasteiger partial charge in [-0.2, -0.15) is 34.8 Å². The van der Waals surface area contributed by atoms with Crippen LogP contribution in [0.5, 0.6) is 0 Å². The summed E-state index contributed by atoms with van der Waals surface area (Å²) in [5, 5.41) is 13.0. The van der Waals surface area contributed by atoms with E-state index in [2.05, 4.69) is 5.32 Å². The lowest BCUT2D eigenvalue weighted by Gasteiger charge is -2.22. The number of aryl methyl sites for hydroxylation is 1. The predicted octanol–water partition coefficient (Wildman–Crippen LogP) is 5.09. The second-order valence-electron chi connectivity index (χ2n) is 9.25. The second kappa shape index (κ2) is 10.2. The number of aldehydes is 1. The Kier molecular flexibility index (Phi) is 7.46. The number of carbonyl (C=O) groups is 3. The minimum atomic E-state index is -5.45. The lowest BCUT2D eigenvalue weighted by atomic mass is 9.93. The number of hydrogen-bond donors (Lipinski definition) is 3. The molecule has 9 nitrogen and oxygen atoms in total. The predicted molar refractivity (Wildman–Crippen MR) is 133 cm³/mol. The first-order valence-electron chi connectivity index (χ1n) is 11.6. The number of fused-ring (bicyclic) bond motifs is 1. The Morgan fingerprint density at radius 3 is 1.95 bits per heavy atom. The van der Waals surface area contributed by atoms with Gasteiger partial charge in [-0.25, -0.2) is 0 Å². The molecule has 1 atom stereocenters. The highest BCUT2D eigenvalue weighted by atomic mass is 32.2. The van der Waals surface area contributed by atoms with Gasteiger partial charge in [-0.05, 0) is 42.3 Å². The van der Waals surface area contributed by atoms with E-state index in [9.17, 15) is 58.8 Å². The van der Waals surface area contributed by atoms with Crippen molar-refractivity contribution in [1.82, 2.24) is 4.90 Å². The van der Waals surface area contributed by atoms with Crippen LogP contribution < -0.4 is 5.32 Å². The first kappa shape index (κ1) is 30.7. The summed E-state index contributed by atoms with van der Waals surface area (Å²) in [6, 6.07) is 5.41. The van der Waals surface area contributed by atoms with Crippen molar-refractivity contribution < 1.29 is 58.8 Å². The zero-order valence-electron chi connectivity index (χ0n) is 21.3. The van der Waals surface area contributed by atoms with Crippen LogP contribution in [-0.4, -0.2) is 48.1 Å². The van der Waals surface area contributed by atoms with Gasteiger partial charge in [-0.15, -0.1) is 0 Å². The van der Waals surface area contributed by atoms with Gasteiger partial charge in [0.25, 0.3) is 21.9 Å². The Morgan fingerprint density at radius 1 is 0.881 bits per heavy atom. The molecule has 0 aliphatic carbocycles. The maximum absolute atomic E-state index is 14.1. The Bertz CT molecular complexity index is 1770. The third kappa shape index (κ3) is 5.35. The van der Waals surface area contributed by atoms with E-state index in [0.717, 1.165) is 25.2 Å². The summed E-state index contributed by atoms with van der Waals surface area (Å²) in [5.41, 5.74) is -8.12. The number of rotatable bonds is 6. The van der Waals surface area contributed by atoms with Crippen LogP contribution in [0.3, 0.4) is 0 Å². The molecule has 1 aliphatic rings. The monoisotopic (exact) mass is 616 g/mol. The summed E-state index contributed by atoms with van der Waals surface area (Å²) in [6.07, 6.45) is -12.6. The lowest BCUT2D eigenvalue weighted by molar-refractivity contribution is -0.139. The van der Waals surface area contributed by atoms with Crippen LogP contribution in [0.25, 0.3) is 11.1 Å². The fourth-order valence-electron chi connectivity index (χ4n) is 4.62. The summed E-state index contributed by atoms with van der Waals surface area (Å²) >= 11 is 0. The summed E-state index contributed by atoms with van der Waals surface area (Å²) in [6.45, 7) is 1.33. The number of imide groups is 1. The number of aliphatic hydroxyl groups is 1. The molecule has 42 heavy (non-hydrogen) atoms. The van der Waals surface area contributed by atoms with Gasteiger partial charge < -0.3 is 10.4 Å². The van der Waals surface area contributed by atoms with Crippen LogP contribution in [0.1, 0.15) is 59.6 Å². The maximum atomic E-state index is 14.1. The van der Waals surface area contributed by atoms with Crippen LogP contribution in [0.4, 0.5) is 32.0 Å². The van der Waals surface area contributed by atoms with Crippen LogP contribution >= 0.6 is 0 Å². The van der Waals surface area contributed by atoms with Gasteiger partial charge in [0.1, 0.15) is 4.90 Å². The molecular weight excluding hydrogens is 598 g/mol. The average molecular weight is 616 g/mol. The molecule has 0 spiro atoms. The van der Waals surface area contributed by atoms with Gasteiger partial charge in [0, 0.05) is 23.9 Å². The molecule has 4 rings (SSSR count). The maximum Gasteiger partial charge on any atom is 0.417 e. The van der Waals surface area contributed by atoms with Gasteiger partial charge in [-0.3, -0.25) is 23.8 Å². The number of alkyl halides is 6. The van der Waals surface area contributed by atoms with E-state index in [1.807, 2.05) is 0 Å². The second-order valence-corrected chi connectivity index (χ2v) is 10.6. The van der Waals surface area contributed by atoms with E-state index in [4.69, 9.17) is 0 Å². The highest BCUT2D eigenvalue weighted by Gasteiger charge is 2.42. The summed E-state index contributed by atoms with van der Waals surface area (Å²) < 4.78 is 118. The van der Waals surface area contributed by atoms with Crippen LogP contribution in [0.15, 0.2) is 47.4 Å². The number of benzene rings is 3. The molecule has 0 aromatic heterocycles. The zero-order valence-corrected chi connectivity index (χ0v) is 22.1. The molecular formula is C26H18F6N2O7S. The Labute approximate surface area is 233 Å². The molecule has 3 aromatic rings. The van der Waals surface area contributed by atoms with E-state index in [1.165, 1.54) is 13.0 Å². The van der Waals surface area contributed by atoms with E-state index >= 15 is 0 Å². The van der Waals surface area contributed by atoms with E-state index < -0.39 is 95.6 Å². The first-order chi connectivity index (χ1) is 19.3. The van der Waals surface area contributed by atoms with Crippen molar-refractivity contribution in [2.75, 3.05) is 12.4 Å². The lowest BCUT2D eigenvalue weighted by Crippen LogP contribution is -2.25. The van der Waals surface area contributed by atoms with Crippen molar-refractivity contribution >= 4 is 33.9 Å². The van der Waals surface area contributed by atoms with Gasteiger partial charge in [-0.1, -0.05) is 23.8 Å². The van der Waals surface area contributed by atoms with Crippen LogP contribution in [0, 0.1) is 6.92 Å². The van der Waals surface area contributed by atoms with Crippen molar-refractivity contribution in [3.63, 3.8) is 0 Å². The van der Waals surface area contributed by atoms with Gasteiger partial charge in [0.05, 0.1) is 22.3 Å². The van der Waals surface area contributed by atoms with E-state index in [-0.39, 0.29) is 11.8 Å². The molecule has 16 heteroatoms. The molecule has 0 bridgehead atoms. The third-order valence-electron chi connectivity index (χ3n) is 6.46. The highest BCUT2D eigenvalue weighted by Crippen LogP contribution is 2.44. The third-order valence-corrected chi connectivity index (χ3v) is 7.40.